The number of carbonyl (C=O) groups is 1. The number of nitrogens with zero attached hydrogens (tertiary/aromatic N) is 3. The van der Waals surface area contributed by atoms with E-state index in [0.717, 1.165) is 17.5 Å². The van der Waals surface area contributed by atoms with Crippen molar-refractivity contribution in [3.63, 3.8) is 0 Å². The molecule has 0 aliphatic carbocycles. The highest BCUT2D eigenvalue weighted by atomic mass is 35.5. The summed E-state index contributed by atoms with van der Waals surface area (Å²) < 4.78 is 11.3. The molecule has 0 saturated carbocycles. The first-order chi connectivity index (χ1) is 22.6. The van der Waals surface area contributed by atoms with Gasteiger partial charge in [-0.15, -0.1) is 0 Å². The molecule has 1 fully saturated rings. The largest absolute Gasteiger partial charge is 0.496 e. The molecular weight excluding hydrogens is 661 g/mol. The van der Waals surface area contributed by atoms with Crippen LogP contribution in [0.4, 0.5) is 0 Å². The van der Waals surface area contributed by atoms with Crippen molar-refractivity contribution in [1.29, 1.82) is 0 Å². The average Bonchev–Trinajstić information content (AvgIpc) is 3.46. The van der Waals surface area contributed by atoms with E-state index in [0.29, 0.717) is 92.9 Å². The van der Waals surface area contributed by atoms with Crippen molar-refractivity contribution in [1.82, 2.24) is 25.5 Å². The summed E-state index contributed by atoms with van der Waals surface area (Å²) >= 11 is 20.9. The van der Waals surface area contributed by atoms with Gasteiger partial charge < -0.3 is 25.2 Å². The number of nitrogens with one attached hydrogen (secondary N) is 2. The monoisotopic (exact) mass is 697 g/mol. The summed E-state index contributed by atoms with van der Waals surface area (Å²) in [7, 11) is 5.13. The first-order valence-corrected chi connectivity index (χ1v) is 16.4. The molecule has 1 aliphatic rings. The molecule has 1 amide bonds. The first kappa shape index (κ1) is 34.9. The van der Waals surface area contributed by atoms with Gasteiger partial charge in [0.05, 0.1) is 46.8 Å². The number of benzene rings is 2. The Hall–Kier alpha value is -3.44. The summed E-state index contributed by atoms with van der Waals surface area (Å²) in [4.78, 5) is 22.9. The predicted octanol–water partition coefficient (Wildman–Crippen LogP) is 6.64. The molecule has 0 spiro atoms. The zero-order valence-electron chi connectivity index (χ0n) is 26.7. The summed E-state index contributed by atoms with van der Waals surface area (Å²) in [6, 6.07) is 15.2. The van der Waals surface area contributed by atoms with E-state index in [1.54, 1.807) is 33.4 Å². The van der Waals surface area contributed by atoms with E-state index in [2.05, 4.69) is 15.6 Å². The lowest BCUT2D eigenvalue weighted by Crippen LogP contribution is -2.35. The fraction of sp³-hybridized carbons (Fsp3) is 0.343. The molecule has 5 rings (SSSR count). The third-order valence-electron chi connectivity index (χ3n) is 8.03. The van der Waals surface area contributed by atoms with Gasteiger partial charge in [-0.05, 0) is 38.6 Å². The zero-order valence-corrected chi connectivity index (χ0v) is 29.0. The number of likely N-dealkylation sites (N-methyl/N-ethyl adjacent to an activating group) is 1. The van der Waals surface area contributed by atoms with Crippen LogP contribution in [0.1, 0.15) is 30.9 Å². The van der Waals surface area contributed by atoms with Crippen molar-refractivity contribution in [3.05, 3.63) is 80.9 Å². The quantitative estimate of drug-likeness (QED) is 0.143. The minimum Gasteiger partial charge on any atom is -0.496 e. The number of hydrogen-bond donors (Lipinski definition) is 3. The summed E-state index contributed by atoms with van der Waals surface area (Å²) in [5.41, 5.74) is 5.71. The van der Waals surface area contributed by atoms with E-state index in [1.165, 1.54) is 0 Å². The minimum absolute atomic E-state index is 0.0740. The fourth-order valence-electron chi connectivity index (χ4n) is 5.81. The number of methoxy groups -OCH3 is 2. The van der Waals surface area contributed by atoms with Gasteiger partial charge in [-0.25, -0.2) is 4.98 Å². The Labute approximate surface area is 290 Å². The molecule has 2 atom stereocenters. The lowest BCUT2D eigenvalue weighted by atomic mass is 9.99. The highest BCUT2D eigenvalue weighted by Crippen LogP contribution is 2.43. The molecule has 0 unspecified atom stereocenters. The van der Waals surface area contributed by atoms with Gasteiger partial charge in [0.2, 0.25) is 11.8 Å². The van der Waals surface area contributed by atoms with Crippen LogP contribution >= 0.6 is 34.8 Å². The number of pyridine rings is 2. The summed E-state index contributed by atoms with van der Waals surface area (Å²) in [5, 5.41) is 17.4. The van der Waals surface area contributed by atoms with Crippen molar-refractivity contribution in [3.8, 4) is 45.3 Å². The van der Waals surface area contributed by atoms with E-state index in [-0.39, 0.29) is 11.9 Å². The van der Waals surface area contributed by atoms with E-state index >= 15 is 0 Å². The maximum Gasteiger partial charge on any atom is 0.220 e. The van der Waals surface area contributed by atoms with Crippen LogP contribution in [0.15, 0.2) is 54.7 Å². The Morgan fingerprint density at radius 1 is 1.06 bits per heavy atom. The zero-order chi connectivity index (χ0) is 33.7. The third kappa shape index (κ3) is 8.17. The maximum atomic E-state index is 11.5. The molecule has 248 valence electrons. The topological polar surface area (TPSA) is 109 Å². The number of aromatic nitrogens is 2. The molecule has 0 bridgehead atoms. The molecule has 2 aromatic carbocycles. The second-order valence-electron chi connectivity index (χ2n) is 11.7. The molecule has 3 N–H and O–H groups in total. The second kappa shape index (κ2) is 15.6. The molecule has 12 heteroatoms. The smallest absolute Gasteiger partial charge is 0.220 e. The molecule has 3 heterocycles. The summed E-state index contributed by atoms with van der Waals surface area (Å²) in [6.07, 6.45) is 2.62. The number of aliphatic hydroxyl groups excluding tert-OH is 1. The molecular formula is C35H38Cl3N5O4. The fourth-order valence-corrected chi connectivity index (χ4v) is 6.71. The lowest BCUT2D eigenvalue weighted by Gasteiger charge is -2.20. The van der Waals surface area contributed by atoms with E-state index in [4.69, 9.17) is 49.3 Å². The van der Waals surface area contributed by atoms with Crippen LogP contribution in [0.3, 0.4) is 0 Å². The van der Waals surface area contributed by atoms with Gasteiger partial charge in [0.25, 0.3) is 0 Å². The van der Waals surface area contributed by atoms with Crippen LogP contribution in [-0.2, 0) is 17.9 Å². The average molecular weight is 699 g/mol. The van der Waals surface area contributed by atoms with Gasteiger partial charge >= 0.3 is 0 Å². The van der Waals surface area contributed by atoms with Crippen LogP contribution in [0.25, 0.3) is 33.6 Å². The highest BCUT2D eigenvalue weighted by Gasteiger charge is 2.22. The number of carbonyl (C=O) groups excluding carboxylic acids is 1. The Balaban J connectivity index is 1.42. The molecule has 0 radical (unpaired) electrons. The molecule has 4 aromatic rings. The lowest BCUT2D eigenvalue weighted by molar-refractivity contribution is -0.119. The van der Waals surface area contributed by atoms with Crippen LogP contribution in [0.5, 0.6) is 11.6 Å². The standard InChI is InChI=1S/C35H38Cl3N5O4/c1-20(44)18-43(2)19-22-9-8-21(14-30(22)46-3)34-33(38)25(12-13-40-34)24-6-5-7-26(32(24)37)29-15-28(36)27(35(42-29)47-4)17-39-16-23-10-11-31(45)41-23/h5-9,12-15,20,23,39,44H,10-11,16-19H2,1-4H3,(H,41,45)/t20-,23+/m0/s1. The van der Waals surface area contributed by atoms with Crippen LogP contribution in [-0.4, -0.2) is 72.4 Å². The van der Waals surface area contributed by atoms with Crippen molar-refractivity contribution in [2.75, 3.05) is 34.4 Å². The molecule has 9 nitrogen and oxygen atoms in total. The van der Waals surface area contributed by atoms with Crippen molar-refractivity contribution in [2.24, 2.45) is 0 Å². The molecule has 1 saturated heterocycles. The second-order valence-corrected chi connectivity index (χ2v) is 12.8. The number of halogens is 3. The van der Waals surface area contributed by atoms with E-state index in [1.807, 2.05) is 54.4 Å². The Bertz CT molecular complexity index is 1750. The third-order valence-corrected chi connectivity index (χ3v) is 9.16. The van der Waals surface area contributed by atoms with Crippen molar-refractivity contribution in [2.45, 2.75) is 45.0 Å². The van der Waals surface area contributed by atoms with Crippen LogP contribution in [0, 0.1) is 0 Å². The maximum absolute atomic E-state index is 11.5. The van der Waals surface area contributed by atoms with Gasteiger partial charge in [-0.2, -0.15) is 0 Å². The van der Waals surface area contributed by atoms with Crippen molar-refractivity contribution < 1.29 is 19.4 Å². The van der Waals surface area contributed by atoms with Gasteiger partial charge in [0, 0.05) is 78.2 Å². The summed E-state index contributed by atoms with van der Waals surface area (Å²) in [6.45, 7) is 3.96. The Morgan fingerprint density at radius 3 is 2.53 bits per heavy atom. The first-order valence-electron chi connectivity index (χ1n) is 15.3. The number of amides is 1. The van der Waals surface area contributed by atoms with Gasteiger partial charge in [0.1, 0.15) is 5.75 Å². The summed E-state index contributed by atoms with van der Waals surface area (Å²) in [5.74, 6) is 1.16. The van der Waals surface area contributed by atoms with E-state index < -0.39 is 6.10 Å². The molecule has 1 aliphatic heterocycles. The number of rotatable bonds is 13. The van der Waals surface area contributed by atoms with Crippen LogP contribution < -0.4 is 20.1 Å². The molecule has 47 heavy (non-hydrogen) atoms. The van der Waals surface area contributed by atoms with Crippen LogP contribution in [0.2, 0.25) is 15.1 Å². The minimum atomic E-state index is -0.434. The SMILES string of the molecule is COc1cc(-c2nccc(-c3cccc(-c4cc(Cl)c(CNC[C@H]5CCC(=O)N5)c(OC)n4)c3Cl)c2Cl)ccc1CN(C)C[C@H](C)O. The van der Waals surface area contributed by atoms with Crippen molar-refractivity contribution >= 4 is 40.7 Å². The number of aliphatic hydroxyl groups is 1. The van der Waals surface area contributed by atoms with Gasteiger partial charge in [0.15, 0.2) is 0 Å². The Kier molecular flexibility index (Phi) is 11.6. The van der Waals surface area contributed by atoms with Gasteiger partial charge in [-0.3, -0.25) is 14.7 Å². The Morgan fingerprint density at radius 2 is 1.83 bits per heavy atom. The predicted molar refractivity (Wildman–Crippen MR) is 187 cm³/mol. The normalized spacial score (nSPS) is 15.2. The number of hydrogen-bond acceptors (Lipinski definition) is 8. The highest BCUT2D eigenvalue weighted by molar-refractivity contribution is 6.39. The van der Waals surface area contributed by atoms with E-state index in [9.17, 15) is 9.90 Å². The van der Waals surface area contributed by atoms with Gasteiger partial charge in [-0.1, -0.05) is 65.1 Å². The number of ether oxygens (including phenoxy) is 2. The molecule has 2 aromatic heterocycles.